The fraction of sp³-hybridized carbons (Fsp3) is 0.300. The Kier molecular flexibility index (Phi) is 3.41. The highest BCUT2D eigenvalue weighted by Gasteiger charge is 2.32. The summed E-state index contributed by atoms with van der Waals surface area (Å²) >= 11 is 4.37. The summed E-state index contributed by atoms with van der Waals surface area (Å²) in [5.41, 5.74) is -0.0997. The minimum atomic E-state index is -4.40. The lowest BCUT2D eigenvalue weighted by Crippen LogP contribution is -2.21. The Morgan fingerprint density at radius 1 is 1.56 bits per heavy atom. The molecule has 2 aromatic rings. The maximum absolute atomic E-state index is 12.5. The molecular formula is C10H7BrF3NO2S. The summed E-state index contributed by atoms with van der Waals surface area (Å²) < 4.78 is 43.6. The number of alkyl halides is 3. The van der Waals surface area contributed by atoms with E-state index in [1.165, 1.54) is 6.07 Å². The number of hydrogen-bond donors (Lipinski definition) is 0. The molecule has 0 amide bonds. The van der Waals surface area contributed by atoms with E-state index in [1.807, 2.05) is 0 Å². The number of rotatable bonds is 2. The third-order valence-electron chi connectivity index (χ3n) is 2.31. The smallest absolute Gasteiger partial charge is 0.406 e. The highest BCUT2D eigenvalue weighted by atomic mass is 79.9. The van der Waals surface area contributed by atoms with E-state index in [1.54, 1.807) is 5.38 Å². The average molecular weight is 342 g/mol. The molecule has 0 radical (unpaired) electrons. The van der Waals surface area contributed by atoms with Crippen LogP contribution in [0.4, 0.5) is 13.2 Å². The maximum atomic E-state index is 12.5. The van der Waals surface area contributed by atoms with Gasteiger partial charge in [-0.05, 0) is 22.0 Å². The van der Waals surface area contributed by atoms with Crippen LogP contribution in [0.5, 0.6) is 0 Å². The number of methoxy groups -OCH3 is 1. The van der Waals surface area contributed by atoms with Crippen LogP contribution < -0.4 is 0 Å². The van der Waals surface area contributed by atoms with Gasteiger partial charge in [-0.3, -0.25) is 0 Å². The van der Waals surface area contributed by atoms with Gasteiger partial charge in [0.25, 0.3) is 0 Å². The molecule has 0 aliphatic heterocycles. The number of aromatic nitrogens is 1. The van der Waals surface area contributed by atoms with Gasteiger partial charge in [0.2, 0.25) is 0 Å². The Hall–Kier alpha value is -1.02. The number of hydrogen-bond acceptors (Lipinski definition) is 3. The number of ether oxygens (including phenoxy) is 1. The summed E-state index contributed by atoms with van der Waals surface area (Å²) in [6.45, 7) is -1.21. The Balaban J connectivity index is 2.61. The van der Waals surface area contributed by atoms with Crippen molar-refractivity contribution in [2.75, 3.05) is 7.11 Å². The molecule has 0 aliphatic carbocycles. The van der Waals surface area contributed by atoms with Crippen molar-refractivity contribution in [2.24, 2.45) is 0 Å². The molecule has 0 saturated heterocycles. The van der Waals surface area contributed by atoms with Crippen LogP contribution in [0.1, 0.15) is 10.5 Å². The fourth-order valence-corrected chi connectivity index (χ4v) is 3.25. The van der Waals surface area contributed by atoms with Crippen molar-refractivity contribution >= 4 is 43.5 Å². The van der Waals surface area contributed by atoms with Crippen LogP contribution >= 0.6 is 27.3 Å². The van der Waals surface area contributed by atoms with E-state index in [-0.39, 0.29) is 5.69 Å². The molecule has 18 heavy (non-hydrogen) atoms. The van der Waals surface area contributed by atoms with Crippen LogP contribution in [-0.4, -0.2) is 23.8 Å². The number of nitrogens with zero attached hydrogens (tertiary/aromatic N) is 1. The molecule has 98 valence electrons. The van der Waals surface area contributed by atoms with E-state index in [2.05, 4.69) is 20.7 Å². The summed E-state index contributed by atoms with van der Waals surface area (Å²) in [6, 6.07) is 1.40. The largest absolute Gasteiger partial charge is 0.464 e. The lowest BCUT2D eigenvalue weighted by molar-refractivity contribution is -0.140. The number of fused-ring (bicyclic) bond motifs is 1. The van der Waals surface area contributed by atoms with Gasteiger partial charge >= 0.3 is 12.1 Å². The van der Waals surface area contributed by atoms with Crippen molar-refractivity contribution in [1.82, 2.24) is 4.57 Å². The van der Waals surface area contributed by atoms with Crippen LogP contribution in [-0.2, 0) is 11.3 Å². The molecule has 0 N–H and O–H groups in total. The van der Waals surface area contributed by atoms with Crippen LogP contribution in [0.25, 0.3) is 10.2 Å². The van der Waals surface area contributed by atoms with Crippen LogP contribution in [0.15, 0.2) is 15.9 Å². The minimum Gasteiger partial charge on any atom is -0.464 e. The molecule has 0 saturated carbocycles. The zero-order valence-corrected chi connectivity index (χ0v) is 11.4. The third kappa shape index (κ3) is 2.39. The number of esters is 1. The van der Waals surface area contributed by atoms with Gasteiger partial charge in [-0.2, -0.15) is 13.2 Å². The standard InChI is InChI=1S/C10H7BrF3NO2S/c1-17-9(16)7-2-5-6(11)3-18-8(5)15(7)4-10(12,13)14/h2-3H,4H2,1H3. The minimum absolute atomic E-state index is 0.0997. The molecule has 8 heteroatoms. The van der Waals surface area contributed by atoms with Crippen LogP contribution in [0.2, 0.25) is 0 Å². The van der Waals surface area contributed by atoms with Crippen molar-refractivity contribution in [3.05, 3.63) is 21.6 Å². The van der Waals surface area contributed by atoms with Crippen molar-refractivity contribution in [3.63, 3.8) is 0 Å². The second kappa shape index (κ2) is 4.58. The lowest BCUT2D eigenvalue weighted by Gasteiger charge is -2.11. The van der Waals surface area contributed by atoms with E-state index in [0.29, 0.717) is 14.7 Å². The van der Waals surface area contributed by atoms with E-state index < -0.39 is 18.7 Å². The zero-order valence-electron chi connectivity index (χ0n) is 9.05. The molecule has 0 aliphatic rings. The third-order valence-corrected chi connectivity index (χ3v) is 4.29. The molecule has 3 nitrogen and oxygen atoms in total. The first kappa shape index (κ1) is 13.4. The fourth-order valence-electron chi connectivity index (χ4n) is 1.61. The predicted octanol–water partition coefficient (Wildman–Crippen LogP) is 3.81. The molecule has 0 atom stereocenters. The zero-order chi connectivity index (χ0) is 13.5. The van der Waals surface area contributed by atoms with Crippen molar-refractivity contribution in [1.29, 1.82) is 0 Å². The lowest BCUT2D eigenvalue weighted by atomic mass is 10.3. The molecule has 2 rings (SSSR count). The SMILES string of the molecule is COC(=O)c1cc2c(Br)csc2n1CC(F)(F)F. The van der Waals surface area contributed by atoms with Crippen molar-refractivity contribution in [3.8, 4) is 0 Å². The summed E-state index contributed by atoms with van der Waals surface area (Å²) in [5.74, 6) is -0.783. The number of carbonyl (C=O) groups excluding carboxylic acids is 1. The number of halogens is 4. The quantitative estimate of drug-likeness (QED) is 0.777. The molecular weight excluding hydrogens is 335 g/mol. The van der Waals surface area contributed by atoms with Gasteiger partial charge in [-0.15, -0.1) is 11.3 Å². The topological polar surface area (TPSA) is 31.2 Å². The van der Waals surface area contributed by atoms with Crippen LogP contribution in [0.3, 0.4) is 0 Å². The van der Waals surface area contributed by atoms with Gasteiger partial charge in [-0.1, -0.05) is 0 Å². The first-order valence-corrected chi connectivity index (χ1v) is 6.42. The highest BCUT2D eigenvalue weighted by molar-refractivity contribution is 9.10. The first-order chi connectivity index (χ1) is 8.33. The predicted molar refractivity (Wildman–Crippen MR) is 64.9 cm³/mol. The van der Waals surface area contributed by atoms with Crippen LogP contribution in [0, 0.1) is 0 Å². The summed E-state index contributed by atoms with van der Waals surface area (Å²) in [4.78, 5) is 11.9. The molecule has 0 fully saturated rings. The van der Waals surface area contributed by atoms with E-state index in [0.717, 1.165) is 23.0 Å². The number of thiophene rings is 1. The summed E-state index contributed by atoms with van der Waals surface area (Å²) in [7, 11) is 1.14. The second-order valence-electron chi connectivity index (χ2n) is 3.52. The molecule has 0 aromatic carbocycles. The summed E-state index contributed by atoms with van der Waals surface area (Å²) in [6.07, 6.45) is -4.40. The average Bonchev–Trinajstić information content (AvgIpc) is 2.78. The van der Waals surface area contributed by atoms with Crippen molar-refractivity contribution < 1.29 is 22.7 Å². The van der Waals surface area contributed by atoms with Gasteiger partial charge in [0.05, 0.1) is 7.11 Å². The first-order valence-electron chi connectivity index (χ1n) is 4.75. The Bertz CT molecular complexity index is 602. The highest BCUT2D eigenvalue weighted by Crippen LogP contribution is 2.35. The molecule has 2 heterocycles. The van der Waals surface area contributed by atoms with Gasteiger partial charge in [-0.25, -0.2) is 4.79 Å². The molecule has 0 bridgehead atoms. The Labute approximate surface area is 112 Å². The van der Waals surface area contributed by atoms with Gasteiger partial charge in [0.1, 0.15) is 17.1 Å². The Morgan fingerprint density at radius 2 is 2.22 bits per heavy atom. The molecule has 0 spiro atoms. The monoisotopic (exact) mass is 341 g/mol. The van der Waals surface area contributed by atoms with E-state index in [9.17, 15) is 18.0 Å². The van der Waals surface area contributed by atoms with E-state index >= 15 is 0 Å². The second-order valence-corrected chi connectivity index (χ2v) is 5.24. The Morgan fingerprint density at radius 3 is 2.78 bits per heavy atom. The van der Waals surface area contributed by atoms with E-state index in [4.69, 9.17) is 0 Å². The maximum Gasteiger partial charge on any atom is 0.406 e. The summed E-state index contributed by atoms with van der Waals surface area (Å²) in [5, 5.41) is 2.25. The molecule has 0 unspecified atom stereocenters. The number of carbonyl (C=O) groups is 1. The van der Waals surface area contributed by atoms with Gasteiger partial charge in [0, 0.05) is 15.2 Å². The van der Waals surface area contributed by atoms with Gasteiger partial charge < -0.3 is 9.30 Å². The van der Waals surface area contributed by atoms with Crippen molar-refractivity contribution in [2.45, 2.75) is 12.7 Å². The molecule has 2 aromatic heterocycles. The normalized spacial score (nSPS) is 12.1. The van der Waals surface area contributed by atoms with Gasteiger partial charge in [0.15, 0.2) is 0 Å².